The summed E-state index contributed by atoms with van der Waals surface area (Å²) in [6.45, 7) is 2.07. The Kier molecular flexibility index (Phi) is 4.43. The van der Waals surface area contributed by atoms with Crippen LogP contribution < -0.4 is 4.74 Å². The lowest BCUT2D eigenvalue weighted by atomic mass is 10.0. The maximum atomic E-state index is 5.28. The van der Waals surface area contributed by atoms with E-state index >= 15 is 0 Å². The van der Waals surface area contributed by atoms with E-state index in [-0.39, 0.29) is 0 Å². The second kappa shape index (κ2) is 6.05. The molecule has 0 spiro atoms. The standard InChI is InChI=1S/C16H17BrO/c1-12-10-14(8-9-16(12)18-2)15(17)11-13-6-4-3-5-7-13/h3-10,15H,11H2,1-2H3. The summed E-state index contributed by atoms with van der Waals surface area (Å²) in [6, 6.07) is 16.8. The van der Waals surface area contributed by atoms with Crippen LogP contribution in [0.4, 0.5) is 0 Å². The molecule has 0 aliphatic rings. The highest BCUT2D eigenvalue weighted by Gasteiger charge is 2.10. The average Bonchev–Trinajstić information content (AvgIpc) is 2.39. The van der Waals surface area contributed by atoms with E-state index in [0.717, 1.165) is 12.2 Å². The van der Waals surface area contributed by atoms with Crippen molar-refractivity contribution in [1.29, 1.82) is 0 Å². The number of aryl methyl sites for hydroxylation is 1. The van der Waals surface area contributed by atoms with E-state index in [1.165, 1.54) is 16.7 Å². The van der Waals surface area contributed by atoms with Crippen molar-refractivity contribution in [2.24, 2.45) is 0 Å². The first kappa shape index (κ1) is 13.2. The normalized spacial score (nSPS) is 12.2. The SMILES string of the molecule is COc1ccc(C(Br)Cc2ccccc2)cc1C. The van der Waals surface area contributed by atoms with Crippen LogP contribution in [0.3, 0.4) is 0 Å². The summed E-state index contributed by atoms with van der Waals surface area (Å²) in [5.74, 6) is 0.943. The fourth-order valence-corrected chi connectivity index (χ4v) is 2.69. The minimum Gasteiger partial charge on any atom is -0.496 e. The van der Waals surface area contributed by atoms with Crippen molar-refractivity contribution < 1.29 is 4.74 Å². The van der Waals surface area contributed by atoms with Gasteiger partial charge in [-0.15, -0.1) is 0 Å². The van der Waals surface area contributed by atoms with Crippen LogP contribution in [-0.2, 0) is 6.42 Å². The molecular weight excluding hydrogens is 288 g/mol. The number of rotatable bonds is 4. The van der Waals surface area contributed by atoms with Crippen molar-refractivity contribution in [2.45, 2.75) is 18.2 Å². The number of ether oxygens (including phenoxy) is 1. The Morgan fingerprint density at radius 1 is 1.11 bits per heavy atom. The van der Waals surface area contributed by atoms with Crippen molar-refractivity contribution in [3.8, 4) is 5.75 Å². The van der Waals surface area contributed by atoms with Crippen LogP contribution in [0, 0.1) is 6.92 Å². The van der Waals surface area contributed by atoms with Crippen LogP contribution in [0.25, 0.3) is 0 Å². The van der Waals surface area contributed by atoms with Crippen LogP contribution in [-0.4, -0.2) is 7.11 Å². The molecule has 0 aliphatic heterocycles. The van der Waals surface area contributed by atoms with Crippen LogP contribution in [0.5, 0.6) is 5.75 Å². The summed E-state index contributed by atoms with van der Waals surface area (Å²) >= 11 is 3.76. The predicted octanol–water partition coefficient (Wildman–Crippen LogP) is 4.68. The molecule has 2 heteroatoms. The van der Waals surface area contributed by atoms with Crippen LogP contribution >= 0.6 is 15.9 Å². The van der Waals surface area contributed by atoms with Gasteiger partial charge in [0.05, 0.1) is 7.11 Å². The summed E-state index contributed by atoms with van der Waals surface area (Å²) in [5.41, 5.74) is 3.80. The molecule has 1 unspecified atom stereocenters. The highest BCUT2D eigenvalue weighted by Crippen LogP contribution is 2.30. The van der Waals surface area contributed by atoms with Gasteiger partial charge < -0.3 is 4.74 Å². The molecule has 0 radical (unpaired) electrons. The monoisotopic (exact) mass is 304 g/mol. The number of benzene rings is 2. The third-order valence-electron chi connectivity index (χ3n) is 3.04. The quantitative estimate of drug-likeness (QED) is 0.745. The third-order valence-corrected chi connectivity index (χ3v) is 3.89. The molecule has 2 rings (SSSR count). The number of hydrogen-bond donors (Lipinski definition) is 0. The lowest BCUT2D eigenvalue weighted by Gasteiger charge is -2.13. The third kappa shape index (κ3) is 3.14. The summed E-state index contributed by atoms with van der Waals surface area (Å²) < 4.78 is 5.28. The molecule has 0 aromatic heterocycles. The van der Waals surface area contributed by atoms with Gasteiger partial charge in [-0.05, 0) is 36.1 Å². The fourth-order valence-electron chi connectivity index (χ4n) is 2.04. The van der Waals surface area contributed by atoms with Gasteiger partial charge >= 0.3 is 0 Å². The molecule has 0 N–H and O–H groups in total. The lowest BCUT2D eigenvalue weighted by molar-refractivity contribution is 0.411. The number of methoxy groups -OCH3 is 1. The molecular formula is C16H17BrO. The maximum Gasteiger partial charge on any atom is 0.121 e. The zero-order chi connectivity index (χ0) is 13.0. The van der Waals surface area contributed by atoms with E-state index in [9.17, 15) is 0 Å². The molecule has 0 fully saturated rings. The van der Waals surface area contributed by atoms with E-state index in [1.807, 2.05) is 12.1 Å². The molecule has 0 amide bonds. The summed E-state index contributed by atoms with van der Waals surface area (Å²) in [6.07, 6.45) is 0.993. The molecule has 0 aliphatic carbocycles. The maximum absolute atomic E-state index is 5.28. The average molecular weight is 305 g/mol. The van der Waals surface area contributed by atoms with E-state index in [2.05, 4.69) is 59.3 Å². The number of halogens is 1. The summed E-state index contributed by atoms with van der Waals surface area (Å²) in [5, 5.41) is 0. The van der Waals surface area contributed by atoms with E-state index < -0.39 is 0 Å². The zero-order valence-electron chi connectivity index (χ0n) is 10.7. The van der Waals surface area contributed by atoms with E-state index in [1.54, 1.807) is 7.11 Å². The summed E-state index contributed by atoms with van der Waals surface area (Å²) in [7, 11) is 1.71. The van der Waals surface area contributed by atoms with Crippen LogP contribution in [0.1, 0.15) is 21.5 Å². The molecule has 1 nitrogen and oxygen atoms in total. The Labute approximate surface area is 117 Å². The minimum absolute atomic E-state index is 0.338. The van der Waals surface area contributed by atoms with Gasteiger partial charge in [-0.2, -0.15) is 0 Å². The van der Waals surface area contributed by atoms with Gasteiger partial charge in [0.2, 0.25) is 0 Å². The zero-order valence-corrected chi connectivity index (χ0v) is 12.3. The molecule has 0 saturated carbocycles. The summed E-state index contributed by atoms with van der Waals surface area (Å²) in [4.78, 5) is 0.338. The second-order valence-electron chi connectivity index (χ2n) is 4.39. The highest BCUT2D eigenvalue weighted by molar-refractivity contribution is 9.09. The Morgan fingerprint density at radius 3 is 2.44 bits per heavy atom. The molecule has 0 heterocycles. The predicted molar refractivity (Wildman–Crippen MR) is 79.5 cm³/mol. The fraction of sp³-hybridized carbons (Fsp3) is 0.250. The largest absolute Gasteiger partial charge is 0.496 e. The first-order valence-corrected chi connectivity index (χ1v) is 6.95. The molecule has 1 atom stereocenters. The van der Waals surface area contributed by atoms with Gasteiger partial charge in [-0.1, -0.05) is 58.4 Å². The molecule has 18 heavy (non-hydrogen) atoms. The van der Waals surface area contributed by atoms with Crippen molar-refractivity contribution in [1.82, 2.24) is 0 Å². The van der Waals surface area contributed by atoms with E-state index in [4.69, 9.17) is 4.74 Å². The van der Waals surface area contributed by atoms with Crippen molar-refractivity contribution >= 4 is 15.9 Å². The van der Waals surface area contributed by atoms with Crippen molar-refractivity contribution in [2.75, 3.05) is 7.11 Å². The molecule has 94 valence electrons. The van der Waals surface area contributed by atoms with Crippen molar-refractivity contribution in [3.63, 3.8) is 0 Å². The number of alkyl halides is 1. The van der Waals surface area contributed by atoms with E-state index in [0.29, 0.717) is 4.83 Å². The first-order chi connectivity index (χ1) is 8.70. The topological polar surface area (TPSA) is 9.23 Å². The van der Waals surface area contributed by atoms with Gasteiger partial charge in [0.1, 0.15) is 5.75 Å². The molecule has 2 aromatic carbocycles. The smallest absolute Gasteiger partial charge is 0.121 e. The van der Waals surface area contributed by atoms with Crippen LogP contribution in [0.15, 0.2) is 48.5 Å². The van der Waals surface area contributed by atoms with Gasteiger partial charge in [-0.25, -0.2) is 0 Å². The molecule has 0 bridgehead atoms. The minimum atomic E-state index is 0.338. The Bertz CT molecular complexity index is 508. The highest BCUT2D eigenvalue weighted by atomic mass is 79.9. The number of hydrogen-bond acceptors (Lipinski definition) is 1. The van der Waals surface area contributed by atoms with Gasteiger partial charge in [-0.3, -0.25) is 0 Å². The molecule has 0 saturated heterocycles. The van der Waals surface area contributed by atoms with Gasteiger partial charge in [0, 0.05) is 4.83 Å². The Morgan fingerprint density at radius 2 is 1.83 bits per heavy atom. The lowest BCUT2D eigenvalue weighted by Crippen LogP contribution is -1.97. The Hall–Kier alpha value is -1.28. The van der Waals surface area contributed by atoms with Crippen LogP contribution in [0.2, 0.25) is 0 Å². The molecule has 2 aromatic rings. The first-order valence-electron chi connectivity index (χ1n) is 6.03. The second-order valence-corrected chi connectivity index (χ2v) is 5.49. The Balaban J connectivity index is 2.14. The van der Waals surface area contributed by atoms with Gasteiger partial charge in [0.15, 0.2) is 0 Å². The van der Waals surface area contributed by atoms with Crippen molar-refractivity contribution in [3.05, 3.63) is 65.2 Å². The van der Waals surface area contributed by atoms with Gasteiger partial charge in [0.25, 0.3) is 0 Å².